The predicted molar refractivity (Wildman–Crippen MR) is 81.3 cm³/mol. The monoisotopic (exact) mass is 293 g/mol. The molecule has 1 amide bonds. The van der Waals surface area contributed by atoms with Gasteiger partial charge >= 0.3 is 0 Å². The smallest absolute Gasteiger partial charge is 0.270 e. The van der Waals surface area contributed by atoms with Crippen molar-refractivity contribution in [2.24, 2.45) is 0 Å². The number of rotatable bonds is 3. The number of hydrogen-bond acceptors (Lipinski definition) is 4. The zero-order valence-electron chi connectivity index (χ0n) is 11.9. The summed E-state index contributed by atoms with van der Waals surface area (Å²) in [5, 5.41) is 9.58. The Morgan fingerprint density at radius 2 is 1.95 bits per heavy atom. The zero-order chi connectivity index (χ0) is 13.8. The molecule has 0 bridgehead atoms. The van der Waals surface area contributed by atoms with E-state index in [9.17, 15) is 4.79 Å². The Morgan fingerprint density at radius 1 is 1.20 bits per heavy atom. The number of nitrogens with zero attached hydrogens (tertiary/aromatic N) is 1. The fraction of sp³-hybridized carbons (Fsp3) is 0.733. The van der Waals surface area contributed by atoms with Gasteiger partial charge in [-0.05, 0) is 38.8 Å². The van der Waals surface area contributed by atoms with Crippen molar-refractivity contribution in [3.63, 3.8) is 0 Å². The molecule has 2 heterocycles. The number of aromatic nitrogens is 1. The van der Waals surface area contributed by atoms with Crippen molar-refractivity contribution in [1.29, 1.82) is 0 Å². The van der Waals surface area contributed by atoms with Crippen LogP contribution in [-0.4, -0.2) is 30.0 Å². The number of amides is 1. The Hall–Kier alpha value is -0.940. The first-order valence-electron chi connectivity index (χ1n) is 7.80. The maximum Gasteiger partial charge on any atom is 0.270 e. The number of carbonyl (C=O) groups is 1. The second kappa shape index (κ2) is 6.68. The highest BCUT2D eigenvalue weighted by Crippen LogP contribution is 2.28. The Balaban J connectivity index is 1.58. The Bertz CT molecular complexity index is 448. The van der Waals surface area contributed by atoms with E-state index >= 15 is 0 Å². The van der Waals surface area contributed by atoms with Gasteiger partial charge in [-0.25, -0.2) is 4.98 Å². The van der Waals surface area contributed by atoms with Crippen molar-refractivity contribution < 1.29 is 4.79 Å². The van der Waals surface area contributed by atoms with Crippen LogP contribution in [-0.2, 0) is 0 Å². The van der Waals surface area contributed by atoms with E-state index in [2.05, 4.69) is 15.6 Å². The van der Waals surface area contributed by atoms with E-state index in [0.717, 1.165) is 43.8 Å². The molecule has 0 spiro atoms. The lowest BCUT2D eigenvalue weighted by molar-refractivity contribution is 0.0923. The van der Waals surface area contributed by atoms with Crippen molar-refractivity contribution in [2.45, 2.75) is 56.9 Å². The summed E-state index contributed by atoms with van der Waals surface area (Å²) >= 11 is 1.65. The fourth-order valence-corrected chi connectivity index (χ4v) is 4.13. The molecule has 0 unspecified atom stereocenters. The maximum atomic E-state index is 12.2. The van der Waals surface area contributed by atoms with E-state index in [1.54, 1.807) is 11.3 Å². The third-order valence-electron chi connectivity index (χ3n) is 4.38. The highest BCUT2D eigenvalue weighted by atomic mass is 32.1. The number of hydrogen-bond donors (Lipinski definition) is 2. The van der Waals surface area contributed by atoms with Gasteiger partial charge in [-0.2, -0.15) is 0 Å². The molecule has 2 aliphatic rings. The van der Waals surface area contributed by atoms with Gasteiger partial charge in [0.15, 0.2) is 0 Å². The molecule has 5 heteroatoms. The second-order valence-corrected chi connectivity index (χ2v) is 6.79. The molecule has 2 fully saturated rings. The number of nitrogens with one attached hydrogen (secondary N) is 2. The van der Waals surface area contributed by atoms with E-state index in [-0.39, 0.29) is 5.91 Å². The van der Waals surface area contributed by atoms with Crippen molar-refractivity contribution in [3.05, 3.63) is 16.1 Å². The molecule has 2 N–H and O–H groups in total. The average Bonchev–Trinajstić information content (AvgIpc) is 2.99. The largest absolute Gasteiger partial charge is 0.348 e. The van der Waals surface area contributed by atoms with E-state index in [0.29, 0.717) is 17.7 Å². The third-order valence-corrected chi connectivity index (χ3v) is 5.39. The quantitative estimate of drug-likeness (QED) is 0.901. The van der Waals surface area contributed by atoms with Gasteiger partial charge in [-0.3, -0.25) is 4.79 Å². The van der Waals surface area contributed by atoms with E-state index < -0.39 is 0 Å². The number of carbonyl (C=O) groups excluding carboxylic acids is 1. The molecule has 20 heavy (non-hydrogen) atoms. The van der Waals surface area contributed by atoms with Gasteiger partial charge in [0.2, 0.25) is 0 Å². The molecule has 1 aromatic rings. The molecule has 0 radical (unpaired) electrons. The standard InChI is InChI=1S/C15H23N3OS/c19-14(17-12-4-2-1-3-5-12)13-10-20-15(18-13)11-6-8-16-9-7-11/h10-12,16H,1-9H2,(H,17,19). The molecule has 1 aliphatic carbocycles. The van der Waals surface area contributed by atoms with E-state index in [1.165, 1.54) is 19.3 Å². The third kappa shape index (κ3) is 3.38. The van der Waals surface area contributed by atoms with Crippen molar-refractivity contribution in [1.82, 2.24) is 15.6 Å². The van der Waals surface area contributed by atoms with Gasteiger partial charge < -0.3 is 10.6 Å². The summed E-state index contributed by atoms with van der Waals surface area (Å²) < 4.78 is 0. The van der Waals surface area contributed by atoms with Crippen LogP contribution >= 0.6 is 11.3 Å². The van der Waals surface area contributed by atoms with Crippen LogP contribution in [0.1, 0.15) is 66.4 Å². The fourth-order valence-electron chi connectivity index (χ4n) is 3.15. The summed E-state index contributed by atoms with van der Waals surface area (Å²) in [5.74, 6) is 0.561. The summed E-state index contributed by atoms with van der Waals surface area (Å²) in [6.45, 7) is 2.13. The summed E-state index contributed by atoms with van der Waals surface area (Å²) in [6.07, 6.45) is 8.30. The lowest BCUT2D eigenvalue weighted by atomic mass is 9.95. The lowest BCUT2D eigenvalue weighted by Gasteiger charge is -2.22. The van der Waals surface area contributed by atoms with Crippen LogP contribution in [0.15, 0.2) is 5.38 Å². The SMILES string of the molecule is O=C(NC1CCCCC1)c1csc(C2CCNCC2)n1. The van der Waals surface area contributed by atoms with Crippen LogP contribution in [0.3, 0.4) is 0 Å². The number of thiazole rings is 1. The van der Waals surface area contributed by atoms with Crippen LogP contribution in [0.2, 0.25) is 0 Å². The topological polar surface area (TPSA) is 54.0 Å². The molecule has 1 aliphatic heterocycles. The Labute approximate surface area is 124 Å². The minimum atomic E-state index is 0.0216. The molecule has 1 aromatic heterocycles. The lowest BCUT2D eigenvalue weighted by Crippen LogP contribution is -2.36. The predicted octanol–water partition coefficient (Wildman–Crippen LogP) is 2.67. The summed E-state index contributed by atoms with van der Waals surface area (Å²) in [5.41, 5.74) is 0.620. The molecule has 110 valence electrons. The first kappa shape index (κ1) is 14.0. The highest BCUT2D eigenvalue weighted by molar-refractivity contribution is 7.09. The molecule has 0 atom stereocenters. The summed E-state index contributed by atoms with van der Waals surface area (Å²) in [6, 6.07) is 0.361. The van der Waals surface area contributed by atoms with Crippen LogP contribution in [0.25, 0.3) is 0 Å². The van der Waals surface area contributed by atoms with E-state index in [1.807, 2.05) is 5.38 Å². The molecule has 1 saturated carbocycles. The van der Waals surface area contributed by atoms with Gasteiger partial charge in [0.25, 0.3) is 5.91 Å². The summed E-state index contributed by atoms with van der Waals surface area (Å²) in [7, 11) is 0. The van der Waals surface area contributed by atoms with Gasteiger partial charge in [0, 0.05) is 17.3 Å². The normalized spacial score (nSPS) is 21.8. The van der Waals surface area contributed by atoms with Crippen molar-refractivity contribution in [2.75, 3.05) is 13.1 Å². The minimum Gasteiger partial charge on any atom is -0.348 e. The second-order valence-electron chi connectivity index (χ2n) is 5.90. The Morgan fingerprint density at radius 3 is 2.70 bits per heavy atom. The zero-order valence-corrected chi connectivity index (χ0v) is 12.7. The molecule has 4 nitrogen and oxygen atoms in total. The molecular formula is C15H23N3OS. The van der Waals surface area contributed by atoms with Gasteiger partial charge in [0.1, 0.15) is 5.69 Å². The van der Waals surface area contributed by atoms with E-state index in [4.69, 9.17) is 0 Å². The van der Waals surface area contributed by atoms with Crippen LogP contribution in [0, 0.1) is 0 Å². The highest BCUT2D eigenvalue weighted by Gasteiger charge is 2.22. The first-order valence-corrected chi connectivity index (χ1v) is 8.68. The minimum absolute atomic E-state index is 0.0216. The molecule has 1 saturated heterocycles. The molecular weight excluding hydrogens is 270 g/mol. The van der Waals surface area contributed by atoms with Crippen LogP contribution < -0.4 is 10.6 Å². The molecule has 3 rings (SSSR count). The van der Waals surface area contributed by atoms with Gasteiger partial charge in [-0.15, -0.1) is 11.3 Å². The van der Waals surface area contributed by atoms with Crippen LogP contribution in [0.4, 0.5) is 0 Å². The maximum absolute atomic E-state index is 12.2. The van der Waals surface area contributed by atoms with Crippen molar-refractivity contribution in [3.8, 4) is 0 Å². The molecule has 0 aromatic carbocycles. The van der Waals surface area contributed by atoms with Gasteiger partial charge in [0.05, 0.1) is 5.01 Å². The summed E-state index contributed by atoms with van der Waals surface area (Å²) in [4.78, 5) is 16.8. The Kier molecular flexibility index (Phi) is 4.68. The van der Waals surface area contributed by atoms with Crippen molar-refractivity contribution >= 4 is 17.2 Å². The number of piperidine rings is 1. The van der Waals surface area contributed by atoms with Gasteiger partial charge in [-0.1, -0.05) is 19.3 Å². The average molecular weight is 293 g/mol. The van der Waals surface area contributed by atoms with Crippen LogP contribution in [0.5, 0.6) is 0 Å². The first-order chi connectivity index (χ1) is 9.83.